The minimum absolute atomic E-state index is 0.0977. The number of hydrogen-bond acceptors (Lipinski definition) is 5. The molecule has 2 amide bonds. The first kappa shape index (κ1) is 14.7. The number of piperidine rings is 1. The van der Waals surface area contributed by atoms with Gasteiger partial charge >= 0.3 is 6.03 Å². The smallest absolute Gasteiger partial charge is 0.317 e. The number of nitrogens with zero attached hydrogens (tertiary/aromatic N) is 3. The maximum absolute atomic E-state index is 11.7. The first-order valence-corrected chi connectivity index (χ1v) is 8.92. The van der Waals surface area contributed by atoms with Crippen LogP contribution in [0, 0.1) is 0 Å². The summed E-state index contributed by atoms with van der Waals surface area (Å²) in [5, 5.41) is 4.91. The van der Waals surface area contributed by atoms with Crippen LogP contribution in [0.3, 0.4) is 0 Å². The summed E-state index contributed by atoms with van der Waals surface area (Å²) in [4.78, 5) is 21.8. The van der Waals surface area contributed by atoms with Crippen LogP contribution in [0.25, 0.3) is 10.8 Å². The third-order valence-electron chi connectivity index (χ3n) is 4.56. The van der Waals surface area contributed by atoms with Crippen LogP contribution in [-0.4, -0.2) is 53.0 Å². The number of thiophene rings is 1. The highest BCUT2D eigenvalue weighted by atomic mass is 32.1. The van der Waals surface area contributed by atoms with Crippen LogP contribution in [0.5, 0.6) is 0 Å². The maximum Gasteiger partial charge on any atom is 0.317 e. The molecule has 7 heteroatoms. The number of likely N-dealkylation sites (tertiary alicyclic amines) is 1. The number of oxazole rings is 1. The lowest BCUT2D eigenvalue weighted by Gasteiger charge is -2.35. The van der Waals surface area contributed by atoms with Crippen LogP contribution >= 0.6 is 11.3 Å². The van der Waals surface area contributed by atoms with E-state index in [4.69, 9.17) is 4.42 Å². The topological polar surface area (TPSA) is 61.6 Å². The molecule has 0 aliphatic carbocycles. The van der Waals surface area contributed by atoms with E-state index in [1.165, 1.54) is 0 Å². The second kappa shape index (κ2) is 6.33. The molecule has 2 saturated heterocycles. The number of urea groups is 1. The Kier molecular flexibility index (Phi) is 4.05. The van der Waals surface area contributed by atoms with E-state index in [-0.39, 0.29) is 6.03 Å². The van der Waals surface area contributed by atoms with Gasteiger partial charge in [0.1, 0.15) is 6.26 Å². The molecule has 0 bridgehead atoms. The highest BCUT2D eigenvalue weighted by Crippen LogP contribution is 2.25. The van der Waals surface area contributed by atoms with Crippen molar-refractivity contribution in [3.8, 4) is 10.8 Å². The Morgan fingerprint density at radius 1 is 1.35 bits per heavy atom. The standard InChI is InChI=1S/C16H20N4O2S/c21-16-17-5-8-20(16)13-3-6-19(7-4-13)10-12-11-22-15(18-12)14-2-1-9-23-14/h1-2,9,11,13H,3-8,10H2,(H,17,21). The summed E-state index contributed by atoms with van der Waals surface area (Å²) < 4.78 is 5.58. The number of carbonyl (C=O) groups is 1. The van der Waals surface area contributed by atoms with Gasteiger partial charge in [-0.15, -0.1) is 11.3 Å². The number of hydrogen-bond donors (Lipinski definition) is 1. The van der Waals surface area contributed by atoms with Gasteiger partial charge in [0.2, 0.25) is 5.89 Å². The van der Waals surface area contributed by atoms with E-state index in [9.17, 15) is 4.79 Å². The molecule has 6 nitrogen and oxygen atoms in total. The van der Waals surface area contributed by atoms with Gasteiger partial charge in [-0.2, -0.15) is 0 Å². The molecule has 122 valence electrons. The van der Waals surface area contributed by atoms with Gasteiger partial charge < -0.3 is 14.6 Å². The number of rotatable bonds is 4. The summed E-state index contributed by atoms with van der Waals surface area (Å²) >= 11 is 1.64. The lowest BCUT2D eigenvalue weighted by molar-refractivity contribution is 0.131. The Balaban J connectivity index is 1.32. The Hall–Kier alpha value is -1.86. The highest BCUT2D eigenvalue weighted by Gasteiger charge is 2.30. The van der Waals surface area contributed by atoms with Gasteiger partial charge in [0, 0.05) is 38.8 Å². The number of aromatic nitrogens is 1. The van der Waals surface area contributed by atoms with Crippen molar-refractivity contribution < 1.29 is 9.21 Å². The maximum atomic E-state index is 11.7. The van der Waals surface area contributed by atoms with Gasteiger partial charge in [-0.1, -0.05) is 6.07 Å². The predicted molar refractivity (Wildman–Crippen MR) is 88.2 cm³/mol. The number of carbonyl (C=O) groups excluding carboxylic acids is 1. The third kappa shape index (κ3) is 3.11. The van der Waals surface area contributed by atoms with Crippen molar-refractivity contribution in [3.05, 3.63) is 29.5 Å². The Morgan fingerprint density at radius 2 is 2.22 bits per heavy atom. The minimum atomic E-state index is 0.0977. The van der Waals surface area contributed by atoms with Crippen LogP contribution in [-0.2, 0) is 6.54 Å². The molecule has 2 aromatic heterocycles. The molecule has 0 saturated carbocycles. The van der Waals surface area contributed by atoms with E-state index in [1.807, 2.05) is 22.4 Å². The molecule has 0 aromatic carbocycles. The van der Waals surface area contributed by atoms with Gasteiger partial charge in [0.05, 0.1) is 10.6 Å². The number of amides is 2. The molecular formula is C16H20N4O2S. The SMILES string of the molecule is O=C1NCCN1C1CCN(Cc2coc(-c3cccs3)n2)CC1. The monoisotopic (exact) mass is 332 g/mol. The first-order valence-electron chi connectivity index (χ1n) is 8.05. The molecule has 2 aliphatic rings. The molecule has 2 fully saturated rings. The summed E-state index contributed by atoms with van der Waals surface area (Å²) in [6, 6.07) is 4.50. The zero-order chi connectivity index (χ0) is 15.6. The van der Waals surface area contributed by atoms with Gasteiger partial charge in [0.15, 0.2) is 0 Å². The van der Waals surface area contributed by atoms with Crippen molar-refractivity contribution in [2.24, 2.45) is 0 Å². The summed E-state index contributed by atoms with van der Waals surface area (Å²) in [7, 11) is 0. The highest BCUT2D eigenvalue weighted by molar-refractivity contribution is 7.13. The molecule has 4 rings (SSSR count). The fourth-order valence-electron chi connectivity index (χ4n) is 3.35. The van der Waals surface area contributed by atoms with Crippen LogP contribution in [0.15, 0.2) is 28.2 Å². The average Bonchev–Trinajstić information content (AvgIpc) is 3.29. The Labute approximate surface area is 139 Å². The minimum Gasteiger partial charge on any atom is -0.444 e. The van der Waals surface area contributed by atoms with E-state index in [0.717, 1.165) is 56.1 Å². The molecule has 2 aromatic rings. The van der Waals surface area contributed by atoms with Gasteiger partial charge in [0.25, 0.3) is 0 Å². The Morgan fingerprint density at radius 3 is 2.91 bits per heavy atom. The van der Waals surface area contributed by atoms with Crippen molar-refractivity contribution >= 4 is 17.4 Å². The van der Waals surface area contributed by atoms with E-state index < -0.39 is 0 Å². The molecule has 4 heterocycles. The van der Waals surface area contributed by atoms with Crippen molar-refractivity contribution in [2.45, 2.75) is 25.4 Å². The Bertz CT molecular complexity index is 661. The summed E-state index contributed by atoms with van der Waals surface area (Å²) in [6.07, 6.45) is 3.82. The van der Waals surface area contributed by atoms with E-state index in [1.54, 1.807) is 17.6 Å². The summed E-state index contributed by atoms with van der Waals surface area (Å²) in [5.74, 6) is 0.707. The fourth-order valence-corrected chi connectivity index (χ4v) is 4.00. The molecular weight excluding hydrogens is 312 g/mol. The molecule has 23 heavy (non-hydrogen) atoms. The summed E-state index contributed by atoms with van der Waals surface area (Å²) in [6.45, 7) is 4.43. The van der Waals surface area contributed by atoms with Crippen LogP contribution in [0.4, 0.5) is 4.79 Å². The molecule has 0 atom stereocenters. The summed E-state index contributed by atoms with van der Waals surface area (Å²) in [5.41, 5.74) is 0.978. The van der Waals surface area contributed by atoms with Crippen LogP contribution in [0.2, 0.25) is 0 Å². The van der Waals surface area contributed by atoms with Crippen molar-refractivity contribution in [2.75, 3.05) is 26.2 Å². The fraction of sp³-hybridized carbons (Fsp3) is 0.500. The molecule has 0 unspecified atom stereocenters. The van der Waals surface area contributed by atoms with Crippen LogP contribution < -0.4 is 5.32 Å². The van der Waals surface area contributed by atoms with Crippen LogP contribution in [0.1, 0.15) is 18.5 Å². The normalized spacial score (nSPS) is 20.2. The molecule has 0 radical (unpaired) electrons. The zero-order valence-electron chi connectivity index (χ0n) is 12.9. The quantitative estimate of drug-likeness (QED) is 0.934. The molecule has 1 N–H and O–H groups in total. The van der Waals surface area contributed by atoms with Crippen molar-refractivity contribution in [1.82, 2.24) is 20.1 Å². The second-order valence-corrected chi connectivity index (χ2v) is 7.00. The van der Waals surface area contributed by atoms with Gasteiger partial charge in [-0.3, -0.25) is 4.90 Å². The number of nitrogens with one attached hydrogen (secondary N) is 1. The molecule has 0 spiro atoms. The third-order valence-corrected chi connectivity index (χ3v) is 5.41. The van der Waals surface area contributed by atoms with Gasteiger partial charge in [-0.05, 0) is 24.3 Å². The second-order valence-electron chi connectivity index (χ2n) is 6.05. The van der Waals surface area contributed by atoms with Crippen molar-refractivity contribution in [1.29, 1.82) is 0 Å². The van der Waals surface area contributed by atoms with Gasteiger partial charge in [-0.25, -0.2) is 9.78 Å². The predicted octanol–water partition coefficient (Wildman–Crippen LogP) is 2.39. The lowest BCUT2D eigenvalue weighted by Crippen LogP contribution is -2.45. The molecule has 2 aliphatic heterocycles. The first-order chi connectivity index (χ1) is 11.3. The van der Waals surface area contributed by atoms with Crippen molar-refractivity contribution in [3.63, 3.8) is 0 Å². The van der Waals surface area contributed by atoms with E-state index in [2.05, 4.69) is 15.2 Å². The lowest BCUT2D eigenvalue weighted by atomic mass is 10.0. The average molecular weight is 332 g/mol. The largest absolute Gasteiger partial charge is 0.444 e. The van der Waals surface area contributed by atoms with E-state index >= 15 is 0 Å². The van der Waals surface area contributed by atoms with E-state index in [0.29, 0.717) is 11.9 Å². The zero-order valence-corrected chi connectivity index (χ0v) is 13.7.